The van der Waals surface area contributed by atoms with Gasteiger partial charge in [0.2, 0.25) is 10.0 Å². The number of halogens is 1. The molecule has 0 aliphatic carbocycles. The molecule has 1 heterocycles. The van der Waals surface area contributed by atoms with Crippen molar-refractivity contribution in [1.29, 1.82) is 0 Å². The van der Waals surface area contributed by atoms with Crippen molar-refractivity contribution in [3.8, 4) is 5.69 Å². The standard InChI is InChI=1S/C24H27ClN4O3S/c1-5-19-6-10-22(11-7-19)28(33(4,31)32)16-24(30)27-26-15-20-14-17(2)29(18(20)3)23-12-8-21(25)9-13-23/h6-15H,5,16H2,1-4H3,(H,27,30)/b26-15-. The molecule has 1 aromatic heterocycles. The zero-order valence-electron chi connectivity index (χ0n) is 19.0. The van der Waals surface area contributed by atoms with Crippen LogP contribution in [0.15, 0.2) is 59.7 Å². The minimum Gasteiger partial charge on any atom is -0.318 e. The van der Waals surface area contributed by atoms with Gasteiger partial charge in [0.15, 0.2) is 0 Å². The van der Waals surface area contributed by atoms with Crippen LogP contribution >= 0.6 is 11.6 Å². The Balaban J connectivity index is 1.72. The van der Waals surface area contributed by atoms with Gasteiger partial charge >= 0.3 is 0 Å². The van der Waals surface area contributed by atoms with E-state index >= 15 is 0 Å². The van der Waals surface area contributed by atoms with Crippen molar-refractivity contribution in [2.75, 3.05) is 17.1 Å². The predicted molar refractivity (Wildman–Crippen MR) is 134 cm³/mol. The minimum absolute atomic E-state index is 0.370. The molecule has 0 saturated heterocycles. The SMILES string of the molecule is CCc1ccc(N(CC(=O)N/N=C\c2cc(C)n(-c3ccc(Cl)cc3)c2C)S(C)(=O)=O)cc1. The van der Waals surface area contributed by atoms with Crippen LogP contribution < -0.4 is 9.73 Å². The van der Waals surface area contributed by atoms with Crippen LogP contribution in [0.5, 0.6) is 0 Å². The summed E-state index contributed by atoms with van der Waals surface area (Å²) in [6, 6.07) is 16.6. The molecule has 174 valence electrons. The minimum atomic E-state index is -3.64. The highest BCUT2D eigenvalue weighted by atomic mass is 35.5. The number of amides is 1. The van der Waals surface area contributed by atoms with Gasteiger partial charge in [0.25, 0.3) is 5.91 Å². The summed E-state index contributed by atoms with van der Waals surface area (Å²) in [5.41, 5.74) is 7.69. The van der Waals surface area contributed by atoms with E-state index in [0.717, 1.165) is 45.2 Å². The number of aromatic nitrogens is 1. The van der Waals surface area contributed by atoms with E-state index in [-0.39, 0.29) is 6.54 Å². The maximum atomic E-state index is 12.4. The quantitative estimate of drug-likeness (QED) is 0.382. The van der Waals surface area contributed by atoms with Gasteiger partial charge in [-0.3, -0.25) is 9.10 Å². The Kier molecular flexibility index (Phi) is 7.61. The molecule has 33 heavy (non-hydrogen) atoms. The van der Waals surface area contributed by atoms with E-state index in [1.165, 1.54) is 0 Å². The molecule has 0 bridgehead atoms. The lowest BCUT2D eigenvalue weighted by atomic mass is 10.1. The first-order valence-electron chi connectivity index (χ1n) is 10.4. The highest BCUT2D eigenvalue weighted by Gasteiger charge is 2.20. The molecule has 0 aliphatic heterocycles. The molecule has 1 amide bonds. The number of carbonyl (C=O) groups is 1. The zero-order chi connectivity index (χ0) is 24.2. The largest absolute Gasteiger partial charge is 0.318 e. The second-order valence-corrected chi connectivity index (χ2v) is 10.1. The van der Waals surface area contributed by atoms with Gasteiger partial charge < -0.3 is 4.57 Å². The number of rotatable bonds is 8. The van der Waals surface area contributed by atoms with Gasteiger partial charge in [-0.25, -0.2) is 13.8 Å². The van der Waals surface area contributed by atoms with E-state index in [4.69, 9.17) is 11.6 Å². The Labute approximate surface area is 199 Å². The van der Waals surface area contributed by atoms with Crippen LogP contribution in [0, 0.1) is 13.8 Å². The van der Waals surface area contributed by atoms with Crippen LogP contribution in [0.2, 0.25) is 5.02 Å². The molecule has 0 radical (unpaired) electrons. The summed E-state index contributed by atoms with van der Waals surface area (Å²) in [5.74, 6) is -0.539. The number of nitrogens with zero attached hydrogens (tertiary/aromatic N) is 3. The van der Waals surface area contributed by atoms with E-state index in [1.54, 1.807) is 18.3 Å². The molecule has 0 spiro atoms. The summed E-state index contributed by atoms with van der Waals surface area (Å²) >= 11 is 5.99. The van der Waals surface area contributed by atoms with Gasteiger partial charge in [-0.15, -0.1) is 0 Å². The van der Waals surface area contributed by atoms with Crippen LogP contribution in [0.1, 0.15) is 29.4 Å². The maximum Gasteiger partial charge on any atom is 0.260 e. The number of benzene rings is 2. The fourth-order valence-electron chi connectivity index (χ4n) is 3.54. The lowest BCUT2D eigenvalue weighted by Gasteiger charge is -2.21. The summed E-state index contributed by atoms with van der Waals surface area (Å²) in [6.45, 7) is 5.58. The Morgan fingerprint density at radius 3 is 2.33 bits per heavy atom. The Hall–Kier alpha value is -3.10. The van der Waals surface area contributed by atoms with Crippen molar-refractivity contribution in [2.45, 2.75) is 27.2 Å². The summed E-state index contributed by atoms with van der Waals surface area (Å²) < 4.78 is 27.6. The fourth-order valence-corrected chi connectivity index (χ4v) is 4.53. The molecule has 0 atom stereocenters. The highest BCUT2D eigenvalue weighted by molar-refractivity contribution is 7.92. The van der Waals surface area contributed by atoms with E-state index in [9.17, 15) is 13.2 Å². The van der Waals surface area contributed by atoms with Gasteiger partial charge in [0.1, 0.15) is 6.54 Å². The third-order valence-corrected chi connectivity index (χ3v) is 6.66. The smallest absolute Gasteiger partial charge is 0.260 e. The lowest BCUT2D eigenvalue weighted by Crippen LogP contribution is -2.39. The molecular formula is C24H27ClN4O3S. The molecular weight excluding hydrogens is 460 g/mol. The number of hydrogen-bond acceptors (Lipinski definition) is 4. The van der Waals surface area contributed by atoms with Crippen molar-refractivity contribution in [3.05, 3.63) is 82.1 Å². The molecule has 3 aromatic rings. The monoisotopic (exact) mass is 486 g/mol. The van der Waals surface area contributed by atoms with E-state index in [0.29, 0.717) is 10.7 Å². The molecule has 0 unspecified atom stereocenters. The van der Waals surface area contributed by atoms with Gasteiger partial charge in [-0.2, -0.15) is 5.10 Å². The molecule has 7 nitrogen and oxygen atoms in total. The average Bonchev–Trinajstić information content (AvgIpc) is 3.05. The molecule has 2 aromatic carbocycles. The third kappa shape index (κ3) is 6.03. The normalized spacial score (nSPS) is 11.7. The first kappa shape index (κ1) is 24.5. The van der Waals surface area contributed by atoms with E-state index < -0.39 is 15.9 Å². The molecule has 3 rings (SSSR count). The number of hydrazone groups is 1. The van der Waals surface area contributed by atoms with Gasteiger partial charge in [-0.05, 0) is 68.3 Å². The molecule has 1 N–H and O–H groups in total. The zero-order valence-corrected chi connectivity index (χ0v) is 20.6. The molecule has 0 fully saturated rings. The topological polar surface area (TPSA) is 83.8 Å². The summed E-state index contributed by atoms with van der Waals surface area (Å²) in [5, 5.41) is 4.70. The second kappa shape index (κ2) is 10.2. The van der Waals surface area contributed by atoms with E-state index in [1.807, 2.05) is 63.2 Å². The van der Waals surface area contributed by atoms with Gasteiger partial charge in [0, 0.05) is 27.7 Å². The molecule has 0 aliphatic rings. The number of nitrogens with one attached hydrogen (secondary N) is 1. The van der Waals surface area contributed by atoms with Gasteiger partial charge in [0.05, 0.1) is 18.2 Å². The van der Waals surface area contributed by atoms with Crippen molar-refractivity contribution in [3.63, 3.8) is 0 Å². The number of anilines is 1. The lowest BCUT2D eigenvalue weighted by molar-refractivity contribution is -0.119. The summed E-state index contributed by atoms with van der Waals surface area (Å²) in [4.78, 5) is 12.4. The average molecular weight is 487 g/mol. The number of carbonyl (C=O) groups excluding carboxylic acids is 1. The third-order valence-electron chi connectivity index (χ3n) is 5.27. The second-order valence-electron chi connectivity index (χ2n) is 7.72. The Morgan fingerprint density at radius 2 is 1.76 bits per heavy atom. The van der Waals surface area contributed by atoms with Gasteiger partial charge in [-0.1, -0.05) is 30.7 Å². The fraction of sp³-hybridized carbons (Fsp3) is 0.250. The predicted octanol–water partition coefficient (Wildman–Crippen LogP) is 4.23. The Morgan fingerprint density at radius 1 is 1.12 bits per heavy atom. The van der Waals surface area contributed by atoms with Crippen molar-refractivity contribution in [1.82, 2.24) is 9.99 Å². The molecule has 9 heteroatoms. The maximum absolute atomic E-state index is 12.4. The first-order chi connectivity index (χ1) is 15.6. The van der Waals surface area contributed by atoms with Crippen LogP contribution in [0.3, 0.4) is 0 Å². The van der Waals surface area contributed by atoms with E-state index in [2.05, 4.69) is 15.1 Å². The number of sulfonamides is 1. The van der Waals surface area contributed by atoms with Crippen LogP contribution in [0.4, 0.5) is 5.69 Å². The van der Waals surface area contributed by atoms with Crippen molar-refractivity contribution >= 4 is 39.4 Å². The summed E-state index contributed by atoms with van der Waals surface area (Å²) in [6.07, 6.45) is 3.46. The first-order valence-corrected chi connectivity index (χ1v) is 12.7. The molecule has 0 saturated carbocycles. The Bertz CT molecular complexity index is 1260. The van der Waals surface area contributed by atoms with Crippen LogP contribution in [-0.4, -0.2) is 37.9 Å². The van der Waals surface area contributed by atoms with Crippen molar-refractivity contribution in [2.24, 2.45) is 5.10 Å². The number of hydrogen-bond donors (Lipinski definition) is 1. The van der Waals surface area contributed by atoms with Crippen LogP contribution in [0.25, 0.3) is 5.69 Å². The summed E-state index contributed by atoms with van der Waals surface area (Å²) in [7, 11) is -3.64. The highest BCUT2D eigenvalue weighted by Crippen LogP contribution is 2.21. The number of aryl methyl sites for hydroxylation is 2. The van der Waals surface area contributed by atoms with Crippen molar-refractivity contribution < 1.29 is 13.2 Å². The van der Waals surface area contributed by atoms with Crippen LogP contribution in [-0.2, 0) is 21.2 Å².